The van der Waals surface area contributed by atoms with Gasteiger partial charge in [0, 0.05) is 40.5 Å². The van der Waals surface area contributed by atoms with E-state index in [0.717, 1.165) is 64.1 Å². The number of benzene rings is 1. The summed E-state index contributed by atoms with van der Waals surface area (Å²) in [5.41, 5.74) is 5.51. The van der Waals surface area contributed by atoms with Crippen molar-refractivity contribution < 1.29 is 14.2 Å². The van der Waals surface area contributed by atoms with Gasteiger partial charge in [-0.3, -0.25) is 9.88 Å². The van der Waals surface area contributed by atoms with Crippen LogP contribution in [0.25, 0.3) is 32.2 Å². The zero-order valence-corrected chi connectivity index (χ0v) is 24.2. The molecule has 0 saturated carbocycles. The second kappa shape index (κ2) is 10.3. The lowest BCUT2D eigenvalue weighted by atomic mass is 9.88. The molecule has 208 valence electrons. The maximum absolute atomic E-state index is 14.9. The Kier molecular flexibility index (Phi) is 6.95. The average Bonchev–Trinajstić information content (AvgIpc) is 3.71. The van der Waals surface area contributed by atoms with E-state index in [-0.39, 0.29) is 12.1 Å². The van der Waals surface area contributed by atoms with Gasteiger partial charge < -0.3 is 14.7 Å². The maximum Gasteiger partial charge on any atom is 0.225 e. The van der Waals surface area contributed by atoms with Crippen LogP contribution in [0.4, 0.5) is 10.3 Å². The molecule has 8 nitrogen and oxygen atoms in total. The molecule has 6 rings (SSSR count). The molecule has 4 aromatic rings. The third-order valence-corrected chi connectivity index (χ3v) is 9.85. The van der Waals surface area contributed by atoms with Crippen molar-refractivity contribution in [3.05, 3.63) is 45.3 Å². The Morgan fingerprint density at radius 2 is 1.98 bits per heavy atom. The largest absolute Gasteiger partial charge is 0.394 e. The lowest BCUT2D eigenvalue weighted by molar-refractivity contribution is 0.0533. The molecule has 5 heterocycles. The molecule has 2 aliphatic rings. The smallest absolute Gasteiger partial charge is 0.225 e. The van der Waals surface area contributed by atoms with Crippen molar-refractivity contribution in [3.63, 3.8) is 0 Å². The van der Waals surface area contributed by atoms with Crippen LogP contribution in [0.1, 0.15) is 54.3 Å². The zero-order valence-electron chi connectivity index (χ0n) is 23.3. The number of anilines is 1. The molecule has 1 unspecified atom stereocenters. The minimum Gasteiger partial charge on any atom is -0.394 e. The molecule has 1 fully saturated rings. The number of likely N-dealkylation sites (N-methyl/N-ethyl adjacent to an activating group) is 1. The van der Waals surface area contributed by atoms with E-state index in [1.54, 1.807) is 0 Å². The van der Waals surface area contributed by atoms with Crippen LogP contribution < -0.4 is 4.90 Å². The monoisotopic (exact) mass is 560 g/mol. The molecule has 1 saturated heterocycles. The van der Waals surface area contributed by atoms with E-state index in [9.17, 15) is 14.8 Å². The summed E-state index contributed by atoms with van der Waals surface area (Å²) in [4.78, 5) is 19.8. The molecule has 0 radical (unpaired) electrons. The quantitative estimate of drug-likeness (QED) is 0.333. The maximum atomic E-state index is 14.9. The first-order valence-electron chi connectivity index (χ1n) is 13.9. The number of aromatic nitrogens is 3. The van der Waals surface area contributed by atoms with E-state index in [0.29, 0.717) is 53.5 Å². The van der Waals surface area contributed by atoms with Crippen molar-refractivity contribution >= 4 is 38.3 Å². The predicted octanol–water partition coefficient (Wildman–Crippen LogP) is 5.10. The van der Waals surface area contributed by atoms with E-state index in [2.05, 4.69) is 41.6 Å². The van der Waals surface area contributed by atoms with Gasteiger partial charge >= 0.3 is 0 Å². The van der Waals surface area contributed by atoms with Gasteiger partial charge in [0.15, 0.2) is 5.82 Å². The Morgan fingerprint density at radius 3 is 2.67 bits per heavy atom. The van der Waals surface area contributed by atoms with Crippen molar-refractivity contribution in [2.24, 2.45) is 0 Å². The summed E-state index contributed by atoms with van der Waals surface area (Å²) in [5.74, 6) is 0.218. The summed E-state index contributed by atoms with van der Waals surface area (Å²) in [5, 5.41) is 21.9. The van der Waals surface area contributed by atoms with Crippen molar-refractivity contribution in [1.29, 1.82) is 5.26 Å². The number of nitriles is 1. The molecule has 0 amide bonds. The van der Waals surface area contributed by atoms with Gasteiger partial charge in [-0.1, -0.05) is 20.8 Å². The number of hydrogen-bond acceptors (Lipinski definition) is 9. The zero-order chi connectivity index (χ0) is 28.2. The van der Waals surface area contributed by atoms with Gasteiger partial charge in [-0.25, -0.2) is 14.4 Å². The summed E-state index contributed by atoms with van der Waals surface area (Å²) < 4.78 is 21.3. The highest BCUT2D eigenvalue weighted by Gasteiger charge is 2.42. The Hall–Kier alpha value is -3.23. The number of rotatable bonds is 7. The summed E-state index contributed by atoms with van der Waals surface area (Å²) >= 11 is 1.29. The molecule has 10 heteroatoms. The third-order valence-electron chi connectivity index (χ3n) is 8.74. The van der Waals surface area contributed by atoms with E-state index < -0.39 is 5.82 Å². The molecule has 1 aromatic carbocycles. The second-order valence-electron chi connectivity index (χ2n) is 10.6. The molecule has 3 aromatic heterocycles. The summed E-state index contributed by atoms with van der Waals surface area (Å²) in [7, 11) is 0. The highest BCUT2D eigenvalue weighted by molar-refractivity contribution is 7.19. The molecule has 1 atom stereocenters. The number of hydrogen-bond donors (Lipinski definition) is 1. The Labute approximate surface area is 237 Å². The second-order valence-corrected chi connectivity index (χ2v) is 11.8. The fraction of sp³-hybridized carbons (Fsp3) is 0.467. The van der Waals surface area contributed by atoms with Gasteiger partial charge in [0.2, 0.25) is 5.95 Å². The number of aliphatic hydroxyl groups is 1. The van der Waals surface area contributed by atoms with Crippen molar-refractivity contribution in [2.75, 3.05) is 37.7 Å². The van der Waals surface area contributed by atoms with Crippen LogP contribution in [0, 0.1) is 24.1 Å². The molecule has 2 aliphatic heterocycles. The van der Waals surface area contributed by atoms with Crippen LogP contribution in [0.3, 0.4) is 0 Å². The number of nitrogens with zero attached hydrogens (tertiary/aromatic N) is 6. The molecule has 1 N–H and O–H groups in total. The van der Waals surface area contributed by atoms with Gasteiger partial charge in [0.25, 0.3) is 0 Å². The summed E-state index contributed by atoms with van der Waals surface area (Å²) in [6.45, 7) is 12.3. The van der Waals surface area contributed by atoms with Gasteiger partial charge in [-0.15, -0.1) is 11.3 Å². The summed E-state index contributed by atoms with van der Waals surface area (Å²) in [6.07, 6.45) is 4.66. The van der Waals surface area contributed by atoms with Crippen LogP contribution >= 0.6 is 11.3 Å². The first-order valence-corrected chi connectivity index (χ1v) is 14.7. The molecule has 40 heavy (non-hydrogen) atoms. The van der Waals surface area contributed by atoms with Crippen LogP contribution in [-0.4, -0.2) is 63.3 Å². The fourth-order valence-corrected chi connectivity index (χ4v) is 7.72. The summed E-state index contributed by atoms with van der Waals surface area (Å²) in [6, 6.07) is 2.29. The minimum atomic E-state index is -0.417. The highest BCUT2D eigenvalue weighted by atomic mass is 32.1. The molecule has 0 spiro atoms. The van der Waals surface area contributed by atoms with Crippen LogP contribution in [0.5, 0.6) is 0 Å². The normalized spacial score (nSPS) is 18.8. The lowest BCUT2D eigenvalue weighted by Gasteiger charge is -2.38. The minimum absolute atomic E-state index is 0.0848. The van der Waals surface area contributed by atoms with E-state index in [1.807, 2.05) is 13.1 Å². The first kappa shape index (κ1) is 27.0. The van der Waals surface area contributed by atoms with E-state index in [4.69, 9.17) is 14.7 Å². The first-order chi connectivity index (χ1) is 19.4. The third kappa shape index (κ3) is 3.90. The number of ether oxygens (including phenoxy) is 1. The van der Waals surface area contributed by atoms with Crippen molar-refractivity contribution in [3.8, 4) is 17.3 Å². The molecular weight excluding hydrogens is 527 g/mol. The average molecular weight is 561 g/mol. The predicted molar refractivity (Wildman–Crippen MR) is 155 cm³/mol. The van der Waals surface area contributed by atoms with Crippen molar-refractivity contribution in [1.82, 2.24) is 19.9 Å². The molecular formula is C30H33FN6O2S. The van der Waals surface area contributed by atoms with Crippen molar-refractivity contribution in [2.45, 2.75) is 59.3 Å². The number of aryl methyl sites for hydroxylation is 2. The standard InChI is InChI=1S/C30H33FN6O2S/c1-5-18-24(27-25-19(10-32)17(4)40-28(25)23(31)12-33-27)22-14-39-13-21(22)20-11-34-29(35-26(18)20)36-9-8-30(15-36,16-38)37(6-2)7-3/h11-12,38H,5-9,13-16H2,1-4H3. The van der Waals surface area contributed by atoms with Crippen LogP contribution in [-0.2, 0) is 24.4 Å². The van der Waals surface area contributed by atoms with Crippen LogP contribution in [0.2, 0.25) is 0 Å². The van der Waals surface area contributed by atoms with Gasteiger partial charge in [0.1, 0.15) is 6.07 Å². The molecule has 0 bridgehead atoms. The number of fused-ring (bicyclic) bond motifs is 4. The van der Waals surface area contributed by atoms with E-state index in [1.165, 1.54) is 17.5 Å². The lowest BCUT2D eigenvalue weighted by Crippen LogP contribution is -2.53. The topological polar surface area (TPSA) is 98.4 Å². The Morgan fingerprint density at radius 1 is 1.20 bits per heavy atom. The number of halogens is 1. The number of aliphatic hydroxyl groups excluding tert-OH is 1. The van der Waals surface area contributed by atoms with Crippen LogP contribution in [0.15, 0.2) is 12.4 Å². The van der Waals surface area contributed by atoms with E-state index >= 15 is 0 Å². The van der Waals surface area contributed by atoms with Gasteiger partial charge in [-0.2, -0.15) is 5.26 Å². The number of thiophene rings is 1. The Balaban J connectivity index is 1.57. The van der Waals surface area contributed by atoms with Gasteiger partial charge in [-0.05, 0) is 49.5 Å². The SMILES string of the molecule is CCc1c(-c2ncc(F)c3sc(C)c(C#N)c23)c2c(c3cnc(N4CCC(CO)(N(CC)CC)C4)nc13)COC2. The van der Waals surface area contributed by atoms with Gasteiger partial charge in [0.05, 0.1) is 53.0 Å². The fourth-order valence-electron chi connectivity index (χ4n) is 6.72. The molecule has 0 aliphatic carbocycles. The number of pyridine rings is 1. The Bertz CT molecular complexity index is 1680. The highest BCUT2D eigenvalue weighted by Crippen LogP contribution is 2.45.